The Kier molecular flexibility index (Phi) is 1.94. The SMILES string of the molecule is O=C1O[C@@H]2OC(CO)=C(Br)[C@H]3[C@@H]2C=C[C@@H]13. The number of aliphatic hydroxyl groups excluding tert-OH is 1. The van der Waals surface area contributed by atoms with Crippen LogP contribution in [0.2, 0.25) is 0 Å². The lowest BCUT2D eigenvalue weighted by Crippen LogP contribution is -2.45. The number of halogens is 1. The molecule has 3 rings (SSSR count). The summed E-state index contributed by atoms with van der Waals surface area (Å²) in [5.74, 6) is 0.127. The van der Waals surface area contributed by atoms with Gasteiger partial charge in [-0.15, -0.1) is 0 Å². The molecule has 1 fully saturated rings. The van der Waals surface area contributed by atoms with Crippen LogP contribution in [0.15, 0.2) is 22.4 Å². The molecule has 0 saturated carbocycles. The van der Waals surface area contributed by atoms with Crippen LogP contribution in [0.25, 0.3) is 0 Å². The van der Waals surface area contributed by atoms with Gasteiger partial charge in [0.25, 0.3) is 6.29 Å². The van der Waals surface area contributed by atoms with E-state index in [9.17, 15) is 4.79 Å². The third-order valence-corrected chi connectivity index (χ3v) is 4.09. The normalized spacial score (nSPS) is 41.6. The minimum Gasteiger partial charge on any atom is -0.455 e. The lowest BCUT2D eigenvalue weighted by Gasteiger charge is -2.40. The number of allylic oxidation sites excluding steroid dienone is 1. The van der Waals surface area contributed by atoms with Gasteiger partial charge in [-0.25, -0.2) is 0 Å². The minimum absolute atomic E-state index is 0.0483. The predicted octanol–water partition coefficient (Wildman–Crippen LogP) is 0.917. The van der Waals surface area contributed by atoms with E-state index in [1.165, 1.54) is 0 Å². The Balaban J connectivity index is 2.08. The van der Waals surface area contributed by atoms with Crippen molar-refractivity contribution >= 4 is 21.9 Å². The van der Waals surface area contributed by atoms with Gasteiger partial charge in [-0.05, 0) is 0 Å². The quantitative estimate of drug-likeness (QED) is 0.570. The van der Waals surface area contributed by atoms with Gasteiger partial charge in [0.15, 0.2) is 0 Å². The number of carbonyl (C=O) groups is 1. The molecule has 1 saturated heterocycles. The molecule has 3 aliphatic rings. The minimum atomic E-state index is -0.569. The van der Waals surface area contributed by atoms with Crippen LogP contribution >= 0.6 is 15.9 Å². The molecule has 0 unspecified atom stereocenters. The highest BCUT2D eigenvalue weighted by Gasteiger charge is 2.53. The van der Waals surface area contributed by atoms with Gasteiger partial charge in [-0.2, -0.15) is 0 Å². The summed E-state index contributed by atoms with van der Waals surface area (Å²) in [5.41, 5.74) is 0. The Bertz CT molecular complexity index is 387. The molecule has 15 heavy (non-hydrogen) atoms. The molecule has 4 nitrogen and oxygen atoms in total. The maximum Gasteiger partial charge on any atom is 0.316 e. The van der Waals surface area contributed by atoms with Crippen molar-refractivity contribution in [2.45, 2.75) is 6.29 Å². The summed E-state index contributed by atoms with van der Waals surface area (Å²) in [5, 5.41) is 9.10. The fourth-order valence-electron chi connectivity index (χ4n) is 2.41. The molecule has 2 heterocycles. The summed E-state index contributed by atoms with van der Waals surface area (Å²) in [7, 11) is 0. The number of aliphatic hydroxyl groups is 1. The zero-order valence-corrected chi connectivity index (χ0v) is 9.31. The second kappa shape index (κ2) is 3.09. The average molecular weight is 273 g/mol. The van der Waals surface area contributed by atoms with Crippen LogP contribution in [0.5, 0.6) is 0 Å². The van der Waals surface area contributed by atoms with E-state index in [0.717, 1.165) is 4.48 Å². The molecule has 0 amide bonds. The van der Waals surface area contributed by atoms with Crippen molar-refractivity contribution in [2.24, 2.45) is 17.8 Å². The molecule has 80 valence electrons. The van der Waals surface area contributed by atoms with Crippen LogP contribution in [0.4, 0.5) is 0 Å². The molecule has 0 spiro atoms. The Morgan fingerprint density at radius 1 is 1.40 bits per heavy atom. The first-order valence-corrected chi connectivity index (χ1v) is 5.56. The average Bonchev–Trinajstić information content (AvgIpc) is 2.60. The maximum absolute atomic E-state index is 11.5. The fourth-order valence-corrected chi connectivity index (χ4v) is 3.22. The highest BCUT2D eigenvalue weighted by molar-refractivity contribution is 9.11. The predicted molar refractivity (Wildman–Crippen MR) is 53.6 cm³/mol. The van der Waals surface area contributed by atoms with E-state index in [-0.39, 0.29) is 30.3 Å². The third-order valence-electron chi connectivity index (χ3n) is 3.12. The highest BCUT2D eigenvalue weighted by Crippen LogP contribution is 2.50. The van der Waals surface area contributed by atoms with E-state index in [0.29, 0.717) is 5.76 Å². The Morgan fingerprint density at radius 2 is 2.20 bits per heavy atom. The molecule has 0 aromatic rings. The first kappa shape index (κ1) is 9.42. The van der Waals surface area contributed by atoms with Crippen LogP contribution in [0, 0.1) is 17.8 Å². The molecule has 1 aliphatic carbocycles. The molecular weight excluding hydrogens is 264 g/mol. The van der Waals surface area contributed by atoms with Crippen molar-refractivity contribution in [3.8, 4) is 0 Å². The molecule has 4 bridgehead atoms. The Labute approximate surface area is 94.7 Å². The van der Waals surface area contributed by atoms with Crippen molar-refractivity contribution in [1.29, 1.82) is 0 Å². The van der Waals surface area contributed by atoms with Gasteiger partial charge in [-0.3, -0.25) is 4.79 Å². The lowest BCUT2D eigenvalue weighted by molar-refractivity contribution is -0.204. The molecule has 4 atom stereocenters. The first-order valence-electron chi connectivity index (χ1n) is 4.77. The van der Waals surface area contributed by atoms with E-state index in [4.69, 9.17) is 14.6 Å². The topological polar surface area (TPSA) is 55.8 Å². The third kappa shape index (κ3) is 1.13. The van der Waals surface area contributed by atoms with Crippen molar-refractivity contribution < 1.29 is 19.4 Å². The van der Waals surface area contributed by atoms with E-state index in [2.05, 4.69) is 15.9 Å². The number of rotatable bonds is 1. The van der Waals surface area contributed by atoms with Crippen molar-refractivity contribution in [3.05, 3.63) is 22.4 Å². The van der Waals surface area contributed by atoms with Crippen molar-refractivity contribution in [2.75, 3.05) is 6.61 Å². The Morgan fingerprint density at radius 3 is 2.93 bits per heavy atom. The number of ether oxygens (including phenoxy) is 2. The van der Waals surface area contributed by atoms with Gasteiger partial charge in [0.2, 0.25) is 0 Å². The molecular formula is C10H9BrO4. The lowest BCUT2D eigenvalue weighted by atomic mass is 9.83. The van der Waals surface area contributed by atoms with Crippen LogP contribution in [0.1, 0.15) is 0 Å². The zero-order chi connectivity index (χ0) is 10.6. The second-order valence-electron chi connectivity index (χ2n) is 3.87. The zero-order valence-electron chi connectivity index (χ0n) is 7.72. The highest BCUT2D eigenvalue weighted by atomic mass is 79.9. The van der Waals surface area contributed by atoms with Crippen LogP contribution in [0.3, 0.4) is 0 Å². The summed E-state index contributed by atoms with van der Waals surface area (Å²) in [6.45, 7) is -0.176. The van der Waals surface area contributed by atoms with E-state index in [1.807, 2.05) is 12.2 Å². The van der Waals surface area contributed by atoms with E-state index >= 15 is 0 Å². The van der Waals surface area contributed by atoms with Crippen LogP contribution in [-0.2, 0) is 14.3 Å². The fraction of sp³-hybridized carbons (Fsp3) is 0.500. The monoisotopic (exact) mass is 272 g/mol. The van der Waals surface area contributed by atoms with E-state index in [1.54, 1.807) is 0 Å². The number of esters is 1. The summed E-state index contributed by atoms with van der Waals surface area (Å²) >= 11 is 3.40. The van der Waals surface area contributed by atoms with Gasteiger partial charge in [0.1, 0.15) is 12.4 Å². The second-order valence-corrected chi connectivity index (χ2v) is 4.72. The van der Waals surface area contributed by atoms with Gasteiger partial charge in [0.05, 0.1) is 11.8 Å². The largest absolute Gasteiger partial charge is 0.455 e. The number of hydrogen-bond donors (Lipinski definition) is 1. The number of hydrogen-bond acceptors (Lipinski definition) is 4. The van der Waals surface area contributed by atoms with Crippen molar-refractivity contribution in [3.63, 3.8) is 0 Å². The maximum atomic E-state index is 11.5. The Hall–Kier alpha value is -0.810. The van der Waals surface area contributed by atoms with Gasteiger partial charge < -0.3 is 14.6 Å². The summed E-state index contributed by atoms with van der Waals surface area (Å²) in [6, 6.07) is 0. The number of carbonyl (C=O) groups excluding carboxylic acids is 1. The van der Waals surface area contributed by atoms with Gasteiger partial charge >= 0.3 is 5.97 Å². The molecule has 2 aliphatic heterocycles. The molecule has 0 radical (unpaired) electrons. The summed E-state index contributed by atoms with van der Waals surface area (Å²) < 4.78 is 11.3. The molecule has 5 heteroatoms. The standard InChI is InChI=1S/C10H9BrO4/c11-8-6(3-12)14-10-5-2-1-4(7(5)8)9(13)15-10/h1-2,4-5,7,10,12H,3H2/t4-,5+,7-,10+/m1/s1. The molecule has 0 aromatic carbocycles. The smallest absolute Gasteiger partial charge is 0.316 e. The van der Waals surface area contributed by atoms with Crippen LogP contribution in [-0.4, -0.2) is 24.0 Å². The van der Waals surface area contributed by atoms with Gasteiger partial charge in [0, 0.05) is 10.4 Å². The van der Waals surface area contributed by atoms with Crippen molar-refractivity contribution in [1.82, 2.24) is 0 Å². The van der Waals surface area contributed by atoms with E-state index < -0.39 is 6.29 Å². The molecule has 0 aromatic heterocycles. The molecule has 1 N–H and O–H groups in total. The summed E-state index contributed by atoms with van der Waals surface area (Å²) in [6.07, 6.45) is 3.25. The first-order chi connectivity index (χ1) is 7.22. The van der Waals surface area contributed by atoms with Crippen LogP contribution < -0.4 is 0 Å². The summed E-state index contributed by atoms with van der Waals surface area (Å²) in [4.78, 5) is 11.5. The van der Waals surface area contributed by atoms with Gasteiger partial charge in [-0.1, -0.05) is 28.1 Å².